The molecule has 2 heterocycles. The molecule has 5 aromatic rings. The molecular formula is C76H118Br2F2N4Se2. The van der Waals surface area contributed by atoms with Crippen molar-refractivity contribution in [2.24, 2.45) is 0 Å². The predicted molar refractivity (Wildman–Crippen MR) is 377 cm³/mol. The average molecular weight is 1440 g/mol. The molecular weight excluding hydrogens is 1320 g/mol. The molecule has 0 saturated heterocycles. The van der Waals surface area contributed by atoms with Crippen molar-refractivity contribution in [3.05, 3.63) is 55.0 Å². The van der Waals surface area contributed by atoms with E-state index in [4.69, 9.17) is 15.9 Å². The molecule has 2 aromatic heterocycles. The number of nitrogens with zero attached hydrogens (tertiary/aromatic N) is 4. The average Bonchev–Trinajstić information content (AvgIpc) is 1.52. The smallest absolute Gasteiger partial charge is 0.0654 e. The van der Waals surface area contributed by atoms with Gasteiger partial charge in [-0.2, -0.15) is 0 Å². The quantitative estimate of drug-likeness (QED) is 0.0288. The first-order valence-electron chi connectivity index (χ1n) is 36.8. The summed E-state index contributed by atoms with van der Waals surface area (Å²) in [5.74, 6) is -0.357. The van der Waals surface area contributed by atoms with Crippen molar-refractivity contribution >= 4 is 83.9 Å². The van der Waals surface area contributed by atoms with Crippen LogP contribution in [0.25, 0.3) is 44.3 Å². The molecule has 0 radical (unpaired) electrons. The molecule has 0 aliphatic heterocycles. The minimum absolute atomic E-state index is 0.178. The van der Waals surface area contributed by atoms with Crippen molar-refractivity contribution in [2.45, 2.75) is 372 Å². The van der Waals surface area contributed by atoms with Gasteiger partial charge in [-0.1, -0.05) is 182 Å². The minimum atomic E-state index is -0.690. The van der Waals surface area contributed by atoms with Crippen molar-refractivity contribution in [2.75, 3.05) is 0 Å². The third-order valence-electron chi connectivity index (χ3n) is 20.7. The molecule has 4 nitrogen and oxygen atoms in total. The van der Waals surface area contributed by atoms with E-state index in [-0.39, 0.29) is 41.6 Å². The Morgan fingerprint density at radius 1 is 0.291 bits per heavy atom. The summed E-state index contributed by atoms with van der Waals surface area (Å²) in [5.41, 5.74) is 8.07. The van der Waals surface area contributed by atoms with Gasteiger partial charge in [0.25, 0.3) is 0 Å². The van der Waals surface area contributed by atoms with E-state index in [1.807, 2.05) is 0 Å². The zero-order valence-electron chi connectivity index (χ0n) is 55.0. The number of unbranched alkanes of at least 4 members (excludes halogenated alkanes) is 44. The minimum Gasteiger partial charge on any atom is -0.0654 e. The summed E-state index contributed by atoms with van der Waals surface area (Å²) in [6, 6.07) is 4.54. The molecule has 0 amide bonds. The third-order valence-corrected chi connectivity index (χ3v) is 24.1. The van der Waals surface area contributed by atoms with Crippen molar-refractivity contribution in [1.82, 2.24) is 15.9 Å². The molecule has 0 fully saturated rings. The van der Waals surface area contributed by atoms with Crippen LogP contribution in [-0.2, 0) is 10.8 Å². The molecule has 3 aromatic carbocycles. The van der Waals surface area contributed by atoms with Gasteiger partial charge in [0, 0.05) is 0 Å². The fraction of sp³-hybridized carbons (Fsp3) is 0.763. The van der Waals surface area contributed by atoms with Crippen LogP contribution in [0.4, 0.5) is 8.78 Å². The fourth-order valence-corrected chi connectivity index (χ4v) is 19.7. The zero-order valence-corrected chi connectivity index (χ0v) is 61.6. The van der Waals surface area contributed by atoms with Gasteiger partial charge in [0.15, 0.2) is 0 Å². The van der Waals surface area contributed by atoms with Crippen LogP contribution in [0.5, 0.6) is 0 Å². The monoisotopic (exact) mass is 1440 g/mol. The summed E-state index contributed by atoms with van der Waals surface area (Å²) in [4.78, 5) is 0. The molecule has 0 spiro atoms. The van der Waals surface area contributed by atoms with Gasteiger partial charge < -0.3 is 0 Å². The Labute approximate surface area is 553 Å². The second-order valence-electron chi connectivity index (χ2n) is 27.3. The number of aromatic nitrogens is 4. The van der Waals surface area contributed by atoms with Gasteiger partial charge in [0.1, 0.15) is 0 Å². The molecule has 0 saturated carbocycles. The van der Waals surface area contributed by atoms with Gasteiger partial charge in [-0.3, -0.25) is 0 Å². The van der Waals surface area contributed by atoms with Gasteiger partial charge in [0.2, 0.25) is 0 Å². The molecule has 86 heavy (non-hydrogen) atoms. The summed E-state index contributed by atoms with van der Waals surface area (Å²) in [7, 11) is 0. The normalized spacial score (nSPS) is 13.9. The zero-order chi connectivity index (χ0) is 60.7. The number of benzene rings is 3. The molecule has 0 atom stereocenters. The molecule has 2 aliphatic carbocycles. The van der Waals surface area contributed by atoms with Crippen LogP contribution in [-0.4, -0.2) is 45.8 Å². The van der Waals surface area contributed by atoms with Gasteiger partial charge in [0.05, 0.1) is 0 Å². The summed E-state index contributed by atoms with van der Waals surface area (Å²) in [6.45, 7) is 9.19. The molecule has 7 rings (SSSR count). The number of rotatable bonds is 52. The van der Waals surface area contributed by atoms with E-state index in [1.54, 1.807) is 0 Å². The Bertz CT molecular complexity index is 2460. The second-order valence-corrected chi connectivity index (χ2v) is 31.3. The SMILES string of the molecule is CCCCCCCCCCCCCCC1(CCCCCCCCCCCCCC)c2cc(Br)c3n[se]nc3c2-c2c(F)c3c(c(F)c21)-c1c(cc(Br)c2n[se]nc12)C3(CCCCCCCCCCCCCC)CCCCCCCCCCCCCC. The number of fused-ring (bicyclic) bond motifs is 10. The molecule has 2 aliphatic rings. The standard InChI is InChI=1S/C76H118Br2F2N4Se2/c1-5-9-13-17-21-25-29-33-37-41-45-49-53-75(54-50-46-42-38-34-30-26-22-18-14-10-6-2)59-57-61(77)71-73(83-85-81-71)63(59)65-67(75)69(79)66-64-60(58-62(78)72-74(64)84-86-82-72)76(68(66)70(65)80,55-51-47-43-39-35-31-27-23-19-15-11-7-3)56-52-48-44-40-36-32-28-24-20-16-12-8-4/h57-58H,5-56H2,1-4H3. The Morgan fingerprint density at radius 3 is 0.709 bits per heavy atom. The first-order valence-corrected chi connectivity index (χ1v) is 41.4. The molecule has 0 N–H and O–H groups in total. The number of hydrogen-bond donors (Lipinski definition) is 0. The van der Waals surface area contributed by atoms with Crippen LogP contribution in [0.1, 0.15) is 384 Å². The van der Waals surface area contributed by atoms with E-state index in [1.165, 1.54) is 257 Å². The first-order chi connectivity index (χ1) is 42.3. The van der Waals surface area contributed by atoms with E-state index >= 15 is 8.78 Å². The Hall–Kier alpha value is -1.28. The summed E-state index contributed by atoms with van der Waals surface area (Å²) in [5, 5.41) is 0. The van der Waals surface area contributed by atoms with E-state index in [2.05, 4.69) is 71.7 Å². The third kappa shape index (κ3) is 19.9. The molecule has 0 unspecified atom stereocenters. The van der Waals surface area contributed by atoms with E-state index in [9.17, 15) is 0 Å². The molecule has 482 valence electrons. The first kappa shape index (κ1) is 72.1. The fourth-order valence-electron chi connectivity index (χ4n) is 15.8. The van der Waals surface area contributed by atoms with E-state index in [0.29, 0.717) is 22.3 Å². The van der Waals surface area contributed by atoms with Crippen LogP contribution < -0.4 is 0 Å². The van der Waals surface area contributed by atoms with Crippen LogP contribution in [0, 0.1) is 11.6 Å². The van der Waals surface area contributed by atoms with Gasteiger partial charge in [-0.15, -0.1) is 0 Å². The van der Waals surface area contributed by atoms with Crippen LogP contribution in [0.3, 0.4) is 0 Å². The Balaban J connectivity index is 1.24. The molecule has 0 bridgehead atoms. The van der Waals surface area contributed by atoms with Crippen LogP contribution >= 0.6 is 31.9 Å². The van der Waals surface area contributed by atoms with Gasteiger partial charge >= 0.3 is 376 Å². The Kier molecular flexibility index (Phi) is 34.1. The summed E-state index contributed by atoms with van der Waals surface area (Å²) in [6.07, 6.45) is 64.3. The van der Waals surface area contributed by atoms with Gasteiger partial charge in [-0.05, 0) is 0 Å². The van der Waals surface area contributed by atoms with Crippen molar-refractivity contribution in [1.29, 1.82) is 0 Å². The summed E-state index contributed by atoms with van der Waals surface area (Å²) >= 11 is 7.38. The maximum absolute atomic E-state index is 19.9. The van der Waals surface area contributed by atoms with Crippen molar-refractivity contribution in [3.63, 3.8) is 0 Å². The second kappa shape index (κ2) is 40.6. The van der Waals surface area contributed by atoms with Crippen LogP contribution in [0.2, 0.25) is 0 Å². The molecule has 10 heteroatoms. The topological polar surface area (TPSA) is 51.6 Å². The summed E-state index contributed by atoms with van der Waals surface area (Å²) < 4.78 is 62.0. The van der Waals surface area contributed by atoms with Gasteiger partial charge in [-0.25, -0.2) is 0 Å². The van der Waals surface area contributed by atoms with E-state index < -0.39 is 10.8 Å². The van der Waals surface area contributed by atoms with Crippen molar-refractivity contribution in [3.8, 4) is 22.3 Å². The predicted octanol–water partition coefficient (Wildman–Crippen LogP) is 26.4. The van der Waals surface area contributed by atoms with E-state index in [0.717, 1.165) is 130 Å². The Morgan fingerprint density at radius 2 is 0.488 bits per heavy atom. The maximum atomic E-state index is 19.9. The van der Waals surface area contributed by atoms with Crippen LogP contribution in [0.15, 0.2) is 21.1 Å². The number of halogens is 4. The van der Waals surface area contributed by atoms with Crippen molar-refractivity contribution < 1.29 is 8.78 Å². The number of hydrogen-bond acceptors (Lipinski definition) is 4.